The zero-order valence-electron chi connectivity index (χ0n) is 15.0. The zero-order valence-corrected chi connectivity index (χ0v) is 17.7. The molecule has 0 saturated carbocycles. The molecule has 0 heterocycles. The van der Waals surface area contributed by atoms with Gasteiger partial charge in [0.2, 0.25) is 0 Å². The van der Waals surface area contributed by atoms with E-state index in [0.717, 1.165) is 45.6 Å². The molecular formula is C22H21O2PRu+. The van der Waals surface area contributed by atoms with E-state index in [9.17, 15) is 4.79 Å². The fourth-order valence-corrected chi connectivity index (χ4v) is 5.45. The molecule has 3 aromatic rings. The third-order valence-corrected chi connectivity index (χ3v) is 6.38. The first-order chi connectivity index (χ1) is 12.6. The normalized spacial score (nSPS) is 10.2. The van der Waals surface area contributed by atoms with Gasteiger partial charge in [-0.05, 0) is 42.5 Å². The van der Waals surface area contributed by atoms with Crippen molar-refractivity contribution in [3.63, 3.8) is 0 Å². The summed E-state index contributed by atoms with van der Waals surface area (Å²) in [5.74, 6) is 0. The molecule has 0 spiro atoms. The molecule has 0 atom stereocenters. The molecule has 0 bridgehead atoms. The fourth-order valence-electron chi connectivity index (χ4n) is 3.17. The quantitative estimate of drug-likeness (QED) is 0.425. The summed E-state index contributed by atoms with van der Waals surface area (Å²) in [4.78, 5) is 13.5. The van der Waals surface area contributed by atoms with Crippen LogP contribution in [-0.4, -0.2) is 5.52 Å². The van der Waals surface area contributed by atoms with Gasteiger partial charge in [-0.1, -0.05) is 78.4 Å². The van der Waals surface area contributed by atoms with Gasteiger partial charge in [0.15, 0.2) is 5.52 Å². The Morgan fingerprint density at radius 2 is 1.12 bits per heavy atom. The third-order valence-electron chi connectivity index (χ3n) is 4.12. The Hall–Kier alpha value is -1.82. The molecule has 0 radical (unpaired) electrons. The van der Waals surface area contributed by atoms with Crippen LogP contribution < -0.4 is 10.6 Å². The third kappa shape index (κ3) is 4.67. The van der Waals surface area contributed by atoms with Crippen LogP contribution in [0.25, 0.3) is 0 Å². The first-order valence-electron chi connectivity index (χ1n) is 8.25. The van der Waals surface area contributed by atoms with Gasteiger partial charge in [0.05, 0.1) is 0 Å². The van der Waals surface area contributed by atoms with Crippen molar-refractivity contribution in [2.45, 2.75) is 20.8 Å². The van der Waals surface area contributed by atoms with Crippen LogP contribution in [0, 0.1) is 20.8 Å². The Morgan fingerprint density at radius 1 is 0.731 bits per heavy atom. The van der Waals surface area contributed by atoms with E-state index in [0.29, 0.717) is 0 Å². The molecule has 4 heteroatoms. The number of benzene rings is 3. The van der Waals surface area contributed by atoms with Crippen molar-refractivity contribution in [3.8, 4) is 0 Å². The standard InChI is InChI=1S/C22H21OP.O.Ru/c1-16-14-17(2)21(18(3)15-16)22(23)24(19-10-6-4-7-11-19)20-12-8-5-9-13-20;;/h4-15H,1-3H3;;/q;;+1. The average Bonchev–Trinajstić information content (AvgIpc) is 2.64. The summed E-state index contributed by atoms with van der Waals surface area (Å²) in [5, 5.41) is 2.20. The molecule has 0 aliphatic carbocycles. The number of hydrogen-bond acceptors (Lipinski definition) is 2. The predicted molar refractivity (Wildman–Crippen MR) is 105 cm³/mol. The molecule has 133 valence electrons. The second-order valence-corrected chi connectivity index (χ2v) is 8.20. The van der Waals surface area contributed by atoms with Crippen LogP contribution in [0.4, 0.5) is 0 Å². The van der Waals surface area contributed by atoms with E-state index in [2.05, 4.69) is 43.3 Å². The maximum atomic E-state index is 13.5. The van der Waals surface area contributed by atoms with E-state index in [4.69, 9.17) is 3.57 Å². The van der Waals surface area contributed by atoms with Gasteiger partial charge < -0.3 is 0 Å². The second-order valence-electron chi connectivity index (χ2n) is 6.09. The van der Waals surface area contributed by atoms with Crippen LogP contribution >= 0.6 is 7.92 Å². The molecule has 0 aliphatic heterocycles. The average molecular weight is 449 g/mol. The van der Waals surface area contributed by atoms with E-state index in [-0.39, 0.29) is 5.52 Å². The topological polar surface area (TPSA) is 34.1 Å². The summed E-state index contributed by atoms with van der Waals surface area (Å²) in [6, 6.07) is 24.5. The Morgan fingerprint density at radius 3 is 1.50 bits per heavy atom. The SMILES string of the molecule is Cc1cc(C)c(C(=O)P(c2ccccc2)c2ccccc2)c(C)c1.[O]=[Ru+]. The second kappa shape index (κ2) is 9.76. The summed E-state index contributed by atoms with van der Waals surface area (Å²) >= 11 is 1.10. The molecule has 2 nitrogen and oxygen atoms in total. The number of rotatable bonds is 4. The summed E-state index contributed by atoms with van der Waals surface area (Å²) < 4.78 is 8.18. The molecule has 0 fully saturated rings. The van der Waals surface area contributed by atoms with Gasteiger partial charge in [0.25, 0.3) is 0 Å². The Balaban J connectivity index is 0.00000117. The predicted octanol–water partition coefficient (Wildman–Crippen LogP) is 4.76. The molecule has 3 aromatic carbocycles. The molecule has 0 aliphatic rings. The summed E-state index contributed by atoms with van der Waals surface area (Å²) in [5.41, 5.74) is 4.44. The summed E-state index contributed by atoms with van der Waals surface area (Å²) in [7, 11) is -1.07. The van der Waals surface area contributed by atoms with Gasteiger partial charge >= 0.3 is 21.8 Å². The van der Waals surface area contributed by atoms with Crippen molar-refractivity contribution in [1.29, 1.82) is 0 Å². The monoisotopic (exact) mass is 450 g/mol. The van der Waals surface area contributed by atoms with Crippen LogP contribution in [0.3, 0.4) is 0 Å². The Bertz CT molecular complexity index is 817. The van der Waals surface area contributed by atoms with Crippen molar-refractivity contribution >= 4 is 24.1 Å². The van der Waals surface area contributed by atoms with Gasteiger partial charge in [-0.25, -0.2) is 0 Å². The summed E-state index contributed by atoms with van der Waals surface area (Å²) in [6.07, 6.45) is 0. The van der Waals surface area contributed by atoms with Gasteiger partial charge in [-0.2, -0.15) is 0 Å². The molecule has 0 saturated heterocycles. The van der Waals surface area contributed by atoms with E-state index in [1.54, 1.807) is 0 Å². The van der Waals surface area contributed by atoms with Gasteiger partial charge in [0.1, 0.15) is 0 Å². The molecular weight excluding hydrogens is 428 g/mol. The minimum absolute atomic E-state index is 0.234. The van der Waals surface area contributed by atoms with Crippen LogP contribution in [0.15, 0.2) is 72.8 Å². The van der Waals surface area contributed by atoms with Crippen LogP contribution in [0.2, 0.25) is 0 Å². The van der Waals surface area contributed by atoms with Crippen molar-refractivity contribution < 1.29 is 26.6 Å². The molecule has 3 rings (SSSR count). The van der Waals surface area contributed by atoms with Crippen molar-refractivity contribution in [1.82, 2.24) is 0 Å². The van der Waals surface area contributed by atoms with E-state index in [1.807, 2.05) is 50.2 Å². The van der Waals surface area contributed by atoms with Gasteiger partial charge in [-0.3, -0.25) is 4.79 Å². The minimum atomic E-state index is -1.07. The number of hydrogen-bond donors (Lipinski definition) is 0. The molecule has 0 amide bonds. The maximum absolute atomic E-state index is 13.5. The number of carbonyl (C=O) groups excluding carboxylic acids is 1. The van der Waals surface area contributed by atoms with Crippen LogP contribution in [0.5, 0.6) is 0 Å². The fraction of sp³-hybridized carbons (Fsp3) is 0.136. The number of carbonyl (C=O) groups is 1. The first-order valence-corrected chi connectivity index (χ1v) is 10.3. The van der Waals surface area contributed by atoms with Crippen LogP contribution in [-0.2, 0) is 21.8 Å². The molecule has 0 unspecified atom stereocenters. The van der Waals surface area contributed by atoms with Crippen LogP contribution in [0.1, 0.15) is 27.0 Å². The molecule has 26 heavy (non-hydrogen) atoms. The van der Waals surface area contributed by atoms with Crippen molar-refractivity contribution in [3.05, 3.63) is 95.1 Å². The van der Waals surface area contributed by atoms with Gasteiger partial charge in [-0.15, -0.1) is 0 Å². The van der Waals surface area contributed by atoms with Crippen molar-refractivity contribution in [2.75, 3.05) is 0 Å². The molecule has 0 aromatic heterocycles. The number of aryl methyl sites for hydroxylation is 3. The summed E-state index contributed by atoms with van der Waals surface area (Å²) in [6.45, 7) is 6.15. The Kier molecular flexibility index (Phi) is 7.70. The molecule has 0 N–H and O–H groups in total. The zero-order chi connectivity index (χ0) is 19.1. The van der Waals surface area contributed by atoms with E-state index < -0.39 is 7.92 Å². The van der Waals surface area contributed by atoms with Gasteiger partial charge in [0, 0.05) is 13.5 Å². The van der Waals surface area contributed by atoms with E-state index in [1.165, 1.54) is 5.56 Å². The van der Waals surface area contributed by atoms with E-state index >= 15 is 0 Å². The Labute approximate surface area is 166 Å². The first kappa shape index (κ1) is 20.5. The van der Waals surface area contributed by atoms with Crippen molar-refractivity contribution in [2.24, 2.45) is 0 Å².